The Morgan fingerprint density at radius 2 is 1.91 bits per heavy atom. The van der Waals surface area contributed by atoms with Gasteiger partial charge in [-0.25, -0.2) is 9.97 Å². The van der Waals surface area contributed by atoms with Crippen molar-refractivity contribution in [3.63, 3.8) is 0 Å². The molecule has 1 fully saturated rings. The summed E-state index contributed by atoms with van der Waals surface area (Å²) in [6.45, 7) is 0. The van der Waals surface area contributed by atoms with Gasteiger partial charge in [-0.3, -0.25) is 4.98 Å². The van der Waals surface area contributed by atoms with Gasteiger partial charge in [0.1, 0.15) is 0 Å². The molecule has 0 aliphatic heterocycles. The van der Waals surface area contributed by atoms with Crippen LogP contribution in [0, 0.1) is 5.92 Å². The molecule has 5 nitrogen and oxygen atoms in total. The van der Waals surface area contributed by atoms with Gasteiger partial charge in [0.05, 0.1) is 17.4 Å². The van der Waals surface area contributed by atoms with Crippen molar-refractivity contribution < 1.29 is 5.11 Å². The van der Waals surface area contributed by atoms with Crippen LogP contribution >= 0.6 is 0 Å². The first kappa shape index (κ1) is 14.2. The molecule has 0 saturated heterocycles. The highest BCUT2D eigenvalue weighted by atomic mass is 16.3. The number of aliphatic hydroxyl groups excluding tert-OH is 1. The second kappa shape index (κ2) is 5.99. The maximum atomic E-state index is 10.4. The number of rotatable bonds is 3. The van der Waals surface area contributed by atoms with E-state index in [1.165, 1.54) is 25.7 Å². The van der Waals surface area contributed by atoms with Gasteiger partial charge < -0.3 is 10.4 Å². The fraction of sp³-hybridized carbons (Fsp3) is 0.389. The van der Waals surface area contributed by atoms with E-state index in [0.29, 0.717) is 24.0 Å². The summed E-state index contributed by atoms with van der Waals surface area (Å²) in [6, 6.07) is 3.77. The fourth-order valence-electron chi connectivity index (χ4n) is 3.71. The Balaban J connectivity index is 1.66. The lowest BCUT2D eigenvalue weighted by Crippen LogP contribution is -2.20. The van der Waals surface area contributed by atoms with E-state index in [0.717, 1.165) is 16.9 Å². The Labute approximate surface area is 135 Å². The van der Waals surface area contributed by atoms with Crippen molar-refractivity contribution in [1.29, 1.82) is 0 Å². The first-order chi connectivity index (χ1) is 11.3. The normalized spacial score (nSPS) is 20.9. The summed E-state index contributed by atoms with van der Waals surface area (Å²) in [6.07, 6.45) is 12.8. The van der Waals surface area contributed by atoms with E-state index >= 15 is 0 Å². The van der Waals surface area contributed by atoms with Crippen molar-refractivity contribution >= 4 is 11.6 Å². The van der Waals surface area contributed by atoms with Crippen LogP contribution in [0.2, 0.25) is 0 Å². The lowest BCUT2D eigenvalue weighted by molar-refractivity contribution is 0.306. The highest BCUT2D eigenvalue weighted by molar-refractivity contribution is 5.52. The summed E-state index contributed by atoms with van der Waals surface area (Å²) in [4.78, 5) is 13.2. The molecule has 2 N–H and O–H groups in total. The van der Waals surface area contributed by atoms with Gasteiger partial charge in [0.2, 0.25) is 5.95 Å². The third-order valence-corrected chi connectivity index (χ3v) is 4.85. The number of allylic oxidation sites excluding steroid dienone is 2. The molecular formula is C18H20N4O. The number of fused-ring (bicyclic) bond motifs is 1. The smallest absolute Gasteiger partial charge is 0.227 e. The van der Waals surface area contributed by atoms with E-state index in [9.17, 15) is 5.11 Å². The van der Waals surface area contributed by atoms with Crippen molar-refractivity contribution in [3.05, 3.63) is 53.8 Å². The number of nitrogens with zero attached hydrogens (tertiary/aromatic N) is 3. The molecular weight excluding hydrogens is 288 g/mol. The average molecular weight is 308 g/mol. The highest BCUT2D eigenvalue weighted by Gasteiger charge is 2.34. The largest absolute Gasteiger partial charge is 0.512 e. The van der Waals surface area contributed by atoms with E-state index in [2.05, 4.69) is 15.3 Å². The maximum Gasteiger partial charge on any atom is 0.227 e. The minimum absolute atomic E-state index is 0.0299. The number of nitrogens with one attached hydrogen (secondary N) is 1. The number of hydrogen-bond acceptors (Lipinski definition) is 5. The Morgan fingerprint density at radius 1 is 1.13 bits per heavy atom. The van der Waals surface area contributed by atoms with E-state index in [4.69, 9.17) is 4.98 Å². The van der Waals surface area contributed by atoms with Crippen molar-refractivity contribution in [2.45, 2.75) is 38.0 Å². The van der Waals surface area contributed by atoms with Gasteiger partial charge in [-0.05, 0) is 49.0 Å². The molecule has 2 aliphatic rings. The molecule has 0 bridgehead atoms. The number of aromatic nitrogens is 3. The third-order valence-electron chi connectivity index (χ3n) is 4.85. The molecule has 5 heteroatoms. The van der Waals surface area contributed by atoms with Crippen LogP contribution in [0.25, 0.3) is 0 Å². The van der Waals surface area contributed by atoms with Crippen LogP contribution in [-0.4, -0.2) is 20.1 Å². The molecule has 0 spiro atoms. The number of aliphatic hydroxyl groups is 1. The SMILES string of the molecule is OC1=CCc2cnc(Nc3ccncc3)nc2C1C1CCCC1. The minimum atomic E-state index is 0.0299. The lowest BCUT2D eigenvalue weighted by atomic mass is 9.81. The van der Waals surface area contributed by atoms with Gasteiger partial charge in [0.15, 0.2) is 0 Å². The molecule has 0 aromatic carbocycles. The molecule has 1 unspecified atom stereocenters. The molecule has 2 aromatic rings. The monoisotopic (exact) mass is 308 g/mol. The Kier molecular flexibility index (Phi) is 3.69. The second-order valence-corrected chi connectivity index (χ2v) is 6.32. The summed E-state index contributed by atoms with van der Waals surface area (Å²) in [5, 5.41) is 13.6. The van der Waals surface area contributed by atoms with E-state index < -0.39 is 0 Å². The van der Waals surface area contributed by atoms with Crippen LogP contribution in [0.4, 0.5) is 11.6 Å². The summed E-state index contributed by atoms with van der Waals surface area (Å²) >= 11 is 0. The quantitative estimate of drug-likeness (QED) is 0.900. The molecule has 2 aliphatic carbocycles. The number of anilines is 2. The predicted octanol–water partition coefficient (Wildman–Crippen LogP) is 3.89. The van der Waals surface area contributed by atoms with Crippen LogP contribution in [0.3, 0.4) is 0 Å². The molecule has 0 amide bonds. The molecule has 0 radical (unpaired) electrons. The van der Waals surface area contributed by atoms with Gasteiger partial charge >= 0.3 is 0 Å². The number of pyridine rings is 1. The predicted molar refractivity (Wildman–Crippen MR) is 88.7 cm³/mol. The van der Waals surface area contributed by atoms with Crippen molar-refractivity contribution in [1.82, 2.24) is 15.0 Å². The first-order valence-corrected chi connectivity index (χ1v) is 8.23. The zero-order valence-corrected chi connectivity index (χ0v) is 12.9. The molecule has 4 rings (SSSR count). The molecule has 2 aromatic heterocycles. The van der Waals surface area contributed by atoms with Crippen molar-refractivity contribution in [2.75, 3.05) is 5.32 Å². The third kappa shape index (κ3) is 2.79. The van der Waals surface area contributed by atoms with Gasteiger partial charge in [0, 0.05) is 24.3 Å². The van der Waals surface area contributed by atoms with Gasteiger partial charge in [-0.2, -0.15) is 0 Å². The molecule has 1 atom stereocenters. The van der Waals surface area contributed by atoms with Crippen molar-refractivity contribution in [3.8, 4) is 0 Å². The van der Waals surface area contributed by atoms with Gasteiger partial charge in [-0.15, -0.1) is 0 Å². The van der Waals surface area contributed by atoms with E-state index in [-0.39, 0.29) is 5.92 Å². The van der Waals surface area contributed by atoms with Crippen molar-refractivity contribution in [2.24, 2.45) is 5.92 Å². The fourth-order valence-corrected chi connectivity index (χ4v) is 3.71. The Hall–Kier alpha value is -2.43. The van der Waals surface area contributed by atoms with E-state index in [1.54, 1.807) is 12.4 Å². The summed E-state index contributed by atoms with van der Waals surface area (Å²) in [5.74, 6) is 1.59. The minimum Gasteiger partial charge on any atom is -0.512 e. The summed E-state index contributed by atoms with van der Waals surface area (Å²) < 4.78 is 0. The number of hydrogen-bond donors (Lipinski definition) is 2. The zero-order chi connectivity index (χ0) is 15.6. The van der Waals surface area contributed by atoms with Gasteiger partial charge in [-0.1, -0.05) is 12.8 Å². The van der Waals surface area contributed by atoms with Crippen LogP contribution in [0.1, 0.15) is 42.9 Å². The highest BCUT2D eigenvalue weighted by Crippen LogP contribution is 2.43. The average Bonchev–Trinajstić information content (AvgIpc) is 3.09. The van der Waals surface area contributed by atoms with Crippen LogP contribution < -0.4 is 5.32 Å². The van der Waals surface area contributed by atoms with Gasteiger partial charge in [0.25, 0.3) is 0 Å². The Bertz CT molecular complexity index is 723. The molecule has 23 heavy (non-hydrogen) atoms. The van der Waals surface area contributed by atoms with E-state index in [1.807, 2.05) is 24.4 Å². The zero-order valence-electron chi connectivity index (χ0n) is 12.9. The summed E-state index contributed by atoms with van der Waals surface area (Å²) in [7, 11) is 0. The van der Waals surface area contributed by atoms with Crippen LogP contribution in [-0.2, 0) is 6.42 Å². The molecule has 118 valence electrons. The topological polar surface area (TPSA) is 70.9 Å². The maximum absolute atomic E-state index is 10.4. The van der Waals surface area contributed by atoms with Crippen LogP contribution in [0.5, 0.6) is 0 Å². The Morgan fingerprint density at radius 3 is 2.70 bits per heavy atom. The second-order valence-electron chi connectivity index (χ2n) is 6.32. The van der Waals surface area contributed by atoms with Crippen LogP contribution in [0.15, 0.2) is 42.6 Å². The first-order valence-electron chi connectivity index (χ1n) is 8.23. The summed E-state index contributed by atoms with van der Waals surface area (Å²) in [5.41, 5.74) is 3.02. The molecule has 1 saturated carbocycles. The molecule has 2 heterocycles. The standard InChI is InChI=1S/C18H20N4O/c23-15-6-5-13-11-20-18(21-14-7-9-19-10-8-14)22-17(13)16(15)12-3-1-2-4-12/h6-12,16,23H,1-5H2,(H,19,20,21,22). The lowest BCUT2D eigenvalue weighted by Gasteiger charge is -2.27.